The van der Waals surface area contributed by atoms with E-state index in [-0.39, 0.29) is 0 Å². The van der Waals surface area contributed by atoms with Gasteiger partial charge in [-0.25, -0.2) is 9.97 Å². The third kappa shape index (κ3) is 3.19. The molecule has 0 saturated carbocycles. The van der Waals surface area contributed by atoms with Crippen LogP contribution in [0.15, 0.2) is 46.7 Å². The van der Waals surface area contributed by atoms with Gasteiger partial charge in [-0.05, 0) is 30.7 Å². The number of nitrogens with zero attached hydrogens (tertiary/aromatic N) is 2. The van der Waals surface area contributed by atoms with Crippen molar-refractivity contribution in [3.05, 3.63) is 47.4 Å². The molecule has 0 radical (unpaired) electrons. The van der Waals surface area contributed by atoms with Crippen LogP contribution < -0.4 is 0 Å². The first kappa shape index (κ1) is 12.4. The van der Waals surface area contributed by atoms with E-state index in [2.05, 4.69) is 9.97 Å². The van der Waals surface area contributed by atoms with Gasteiger partial charge in [0.2, 0.25) is 0 Å². The second-order valence-corrected chi connectivity index (χ2v) is 4.98. The lowest BCUT2D eigenvalue weighted by Gasteiger charge is -2.08. The molecule has 1 atom stereocenters. The van der Waals surface area contributed by atoms with Crippen LogP contribution in [-0.2, 0) is 0 Å². The number of halogens is 1. The summed E-state index contributed by atoms with van der Waals surface area (Å²) < 4.78 is 0. The van der Waals surface area contributed by atoms with E-state index >= 15 is 0 Å². The highest BCUT2D eigenvalue weighted by Crippen LogP contribution is 2.33. The normalized spacial score (nSPS) is 12.4. The van der Waals surface area contributed by atoms with Gasteiger partial charge in [-0.1, -0.05) is 29.4 Å². The third-order valence-electron chi connectivity index (χ3n) is 2.21. The number of rotatable bonds is 3. The Bertz CT molecular complexity index is 505. The van der Waals surface area contributed by atoms with Crippen LogP contribution in [0.3, 0.4) is 0 Å². The molecule has 0 spiro atoms. The monoisotopic (exact) mass is 266 g/mol. The van der Waals surface area contributed by atoms with Crippen LogP contribution in [0.1, 0.15) is 18.6 Å². The minimum absolute atomic E-state index is 0.509. The molecule has 0 fully saturated rings. The molecule has 0 aliphatic heterocycles. The molecule has 1 aromatic carbocycles. The van der Waals surface area contributed by atoms with Crippen molar-refractivity contribution in [1.82, 2.24) is 9.97 Å². The Morgan fingerprint density at radius 2 is 2.18 bits per heavy atom. The maximum Gasteiger partial charge on any atom is 0.116 e. The van der Waals surface area contributed by atoms with E-state index in [1.807, 2.05) is 18.2 Å². The molecule has 0 amide bonds. The molecule has 17 heavy (non-hydrogen) atoms. The van der Waals surface area contributed by atoms with Gasteiger partial charge in [-0.15, -0.1) is 0 Å². The van der Waals surface area contributed by atoms with Crippen molar-refractivity contribution in [1.29, 1.82) is 0 Å². The van der Waals surface area contributed by atoms with Crippen LogP contribution in [0.5, 0.6) is 0 Å². The van der Waals surface area contributed by atoms with Gasteiger partial charge in [-0.3, -0.25) is 0 Å². The van der Waals surface area contributed by atoms with Gasteiger partial charge >= 0.3 is 0 Å². The molecular weight excluding hydrogens is 256 g/mol. The van der Waals surface area contributed by atoms with Gasteiger partial charge < -0.3 is 5.11 Å². The number of benzene rings is 1. The lowest BCUT2D eigenvalue weighted by Crippen LogP contribution is -1.91. The number of aliphatic hydroxyl groups excluding tert-OH is 1. The second kappa shape index (κ2) is 5.49. The number of hydrogen-bond acceptors (Lipinski definition) is 4. The lowest BCUT2D eigenvalue weighted by atomic mass is 10.1. The Labute approximate surface area is 109 Å². The van der Waals surface area contributed by atoms with E-state index in [4.69, 9.17) is 11.6 Å². The van der Waals surface area contributed by atoms with Gasteiger partial charge in [0.25, 0.3) is 0 Å². The van der Waals surface area contributed by atoms with Crippen LogP contribution >= 0.6 is 23.4 Å². The zero-order chi connectivity index (χ0) is 12.3. The van der Waals surface area contributed by atoms with Crippen molar-refractivity contribution in [3.63, 3.8) is 0 Å². The van der Waals surface area contributed by atoms with Crippen LogP contribution in [-0.4, -0.2) is 15.1 Å². The average molecular weight is 267 g/mol. The summed E-state index contributed by atoms with van der Waals surface area (Å²) in [5.41, 5.74) is 0.807. The smallest absolute Gasteiger partial charge is 0.116 e. The van der Waals surface area contributed by atoms with Crippen molar-refractivity contribution in [2.75, 3.05) is 0 Å². The van der Waals surface area contributed by atoms with Crippen LogP contribution in [0.4, 0.5) is 0 Å². The molecule has 2 aromatic rings. The largest absolute Gasteiger partial charge is 0.389 e. The van der Waals surface area contributed by atoms with E-state index in [0.717, 1.165) is 15.5 Å². The first-order valence-electron chi connectivity index (χ1n) is 5.08. The highest BCUT2D eigenvalue weighted by Gasteiger charge is 2.07. The van der Waals surface area contributed by atoms with Gasteiger partial charge in [-0.2, -0.15) is 0 Å². The van der Waals surface area contributed by atoms with E-state index in [1.54, 1.807) is 19.2 Å². The fourth-order valence-electron chi connectivity index (χ4n) is 1.31. The first-order chi connectivity index (χ1) is 8.16. The van der Waals surface area contributed by atoms with Gasteiger partial charge in [0.1, 0.15) is 11.4 Å². The molecule has 0 unspecified atom stereocenters. The van der Waals surface area contributed by atoms with E-state index < -0.39 is 6.10 Å². The van der Waals surface area contributed by atoms with Crippen LogP contribution in [0.2, 0.25) is 5.02 Å². The quantitative estimate of drug-likeness (QED) is 0.866. The SMILES string of the molecule is C[C@H](O)c1ccc(Sc2ccncn2)c(Cl)c1. The summed E-state index contributed by atoms with van der Waals surface area (Å²) in [6, 6.07) is 7.34. The van der Waals surface area contributed by atoms with Crippen molar-refractivity contribution in [2.24, 2.45) is 0 Å². The number of aromatic nitrogens is 2. The second-order valence-electron chi connectivity index (χ2n) is 3.52. The summed E-state index contributed by atoms with van der Waals surface area (Å²) in [7, 11) is 0. The molecule has 5 heteroatoms. The Balaban J connectivity index is 2.23. The average Bonchev–Trinajstić information content (AvgIpc) is 2.33. The summed E-state index contributed by atoms with van der Waals surface area (Å²) in [4.78, 5) is 8.88. The molecule has 0 saturated heterocycles. The Morgan fingerprint density at radius 3 is 2.76 bits per heavy atom. The molecule has 1 aromatic heterocycles. The topological polar surface area (TPSA) is 46.0 Å². The fraction of sp³-hybridized carbons (Fsp3) is 0.167. The predicted molar refractivity (Wildman–Crippen MR) is 68.2 cm³/mol. The maximum atomic E-state index is 9.44. The standard InChI is InChI=1S/C12H11ClN2OS/c1-8(16)9-2-3-11(10(13)6-9)17-12-4-5-14-7-15-12/h2-8,16H,1H3/t8-/m0/s1. The van der Waals surface area contributed by atoms with Crippen molar-refractivity contribution >= 4 is 23.4 Å². The predicted octanol–water partition coefficient (Wildman–Crippen LogP) is 3.33. The molecule has 1 heterocycles. The highest BCUT2D eigenvalue weighted by atomic mass is 35.5. The van der Waals surface area contributed by atoms with Crippen molar-refractivity contribution < 1.29 is 5.11 Å². The summed E-state index contributed by atoms with van der Waals surface area (Å²) >= 11 is 7.62. The minimum atomic E-state index is -0.509. The van der Waals surface area contributed by atoms with Crippen LogP contribution in [0, 0.1) is 0 Å². The Hall–Kier alpha value is -1.10. The highest BCUT2D eigenvalue weighted by molar-refractivity contribution is 7.99. The zero-order valence-corrected chi connectivity index (χ0v) is 10.7. The van der Waals surface area contributed by atoms with Gasteiger partial charge in [0, 0.05) is 11.1 Å². The van der Waals surface area contributed by atoms with Crippen LogP contribution in [0.25, 0.3) is 0 Å². The summed E-state index contributed by atoms with van der Waals surface area (Å²) in [6.45, 7) is 1.71. The Kier molecular flexibility index (Phi) is 3.99. The molecule has 1 N–H and O–H groups in total. The molecular formula is C12H11ClN2OS. The molecule has 3 nitrogen and oxygen atoms in total. The Morgan fingerprint density at radius 1 is 1.35 bits per heavy atom. The van der Waals surface area contributed by atoms with E-state index in [1.165, 1.54) is 18.1 Å². The maximum absolute atomic E-state index is 9.44. The number of hydrogen-bond donors (Lipinski definition) is 1. The lowest BCUT2D eigenvalue weighted by molar-refractivity contribution is 0.199. The van der Waals surface area contributed by atoms with Gasteiger partial charge in [0.15, 0.2) is 0 Å². The van der Waals surface area contributed by atoms with E-state index in [0.29, 0.717) is 5.02 Å². The minimum Gasteiger partial charge on any atom is -0.389 e. The third-order valence-corrected chi connectivity index (χ3v) is 3.66. The molecule has 2 rings (SSSR count). The number of aliphatic hydroxyl groups is 1. The van der Waals surface area contributed by atoms with Crippen molar-refractivity contribution in [3.8, 4) is 0 Å². The van der Waals surface area contributed by atoms with E-state index in [9.17, 15) is 5.11 Å². The molecule has 0 bridgehead atoms. The first-order valence-corrected chi connectivity index (χ1v) is 6.27. The molecule has 0 aliphatic carbocycles. The summed E-state index contributed by atoms with van der Waals surface area (Å²) in [5, 5.41) is 10.9. The molecule has 88 valence electrons. The molecule has 0 aliphatic rings. The summed E-state index contributed by atoms with van der Waals surface area (Å²) in [5.74, 6) is 0. The fourth-order valence-corrected chi connectivity index (χ4v) is 2.36. The van der Waals surface area contributed by atoms with Crippen molar-refractivity contribution in [2.45, 2.75) is 22.9 Å². The van der Waals surface area contributed by atoms with Gasteiger partial charge in [0.05, 0.1) is 11.1 Å². The zero-order valence-electron chi connectivity index (χ0n) is 9.17. The summed E-state index contributed by atoms with van der Waals surface area (Å²) in [6.07, 6.45) is 2.68.